The summed E-state index contributed by atoms with van der Waals surface area (Å²) < 4.78 is 10.1. The molecule has 1 aliphatic heterocycles. The number of nitrogens with one attached hydrogen (secondary N) is 2. The molecule has 0 aromatic heterocycles. The zero-order valence-electron chi connectivity index (χ0n) is 17.3. The van der Waals surface area contributed by atoms with Crippen LogP contribution in [-0.2, 0) is 16.0 Å². The Morgan fingerprint density at radius 1 is 1.21 bits per heavy atom. The van der Waals surface area contributed by atoms with E-state index in [4.69, 9.17) is 14.6 Å². The number of benzene rings is 1. The largest absolute Gasteiger partial charge is 0.465 e. The molecule has 9 nitrogen and oxygen atoms in total. The van der Waals surface area contributed by atoms with Crippen molar-refractivity contribution in [3.63, 3.8) is 0 Å². The molecule has 1 fully saturated rings. The quantitative estimate of drug-likeness (QED) is 0.642. The van der Waals surface area contributed by atoms with Crippen molar-refractivity contribution in [3.8, 4) is 0 Å². The summed E-state index contributed by atoms with van der Waals surface area (Å²) in [5.74, 6) is -0.491. The maximum Gasteiger partial charge on any atom is 0.407 e. The zero-order valence-corrected chi connectivity index (χ0v) is 17.3. The van der Waals surface area contributed by atoms with Gasteiger partial charge in [-0.3, -0.25) is 0 Å². The second-order valence-electron chi connectivity index (χ2n) is 7.92. The molecule has 0 radical (unpaired) electrons. The van der Waals surface area contributed by atoms with E-state index in [1.165, 1.54) is 12.0 Å². The SMILES string of the molecule is COC(=O)c1cc(CNC(=O)OC(C)(C)C)ccc1NC1CCN(C(=O)O)CC1. The third-order valence-corrected chi connectivity index (χ3v) is 4.45. The number of piperidine rings is 1. The number of hydrogen-bond acceptors (Lipinski definition) is 6. The first kappa shape index (κ1) is 22.3. The summed E-state index contributed by atoms with van der Waals surface area (Å²) >= 11 is 0. The van der Waals surface area contributed by atoms with Crippen molar-refractivity contribution >= 4 is 23.8 Å². The van der Waals surface area contributed by atoms with Crippen LogP contribution in [0.15, 0.2) is 18.2 Å². The van der Waals surface area contributed by atoms with Crippen molar-refractivity contribution in [2.45, 2.75) is 51.8 Å². The van der Waals surface area contributed by atoms with Crippen LogP contribution in [0.25, 0.3) is 0 Å². The van der Waals surface area contributed by atoms with Crippen molar-refractivity contribution < 1.29 is 29.0 Å². The molecule has 1 heterocycles. The van der Waals surface area contributed by atoms with Crippen molar-refractivity contribution in [3.05, 3.63) is 29.3 Å². The minimum absolute atomic E-state index is 0.0553. The van der Waals surface area contributed by atoms with Gasteiger partial charge in [0.2, 0.25) is 0 Å². The van der Waals surface area contributed by atoms with Gasteiger partial charge in [-0.15, -0.1) is 0 Å². The molecule has 1 aromatic rings. The maximum atomic E-state index is 12.2. The fourth-order valence-electron chi connectivity index (χ4n) is 3.03. The van der Waals surface area contributed by atoms with Gasteiger partial charge in [0.1, 0.15) is 5.60 Å². The number of likely N-dealkylation sites (tertiary alicyclic amines) is 1. The number of ether oxygens (including phenoxy) is 2. The van der Waals surface area contributed by atoms with Gasteiger partial charge < -0.3 is 30.1 Å². The van der Waals surface area contributed by atoms with Crippen LogP contribution in [0.1, 0.15) is 49.5 Å². The summed E-state index contributed by atoms with van der Waals surface area (Å²) in [7, 11) is 1.31. The Bertz CT molecular complexity index is 751. The van der Waals surface area contributed by atoms with Gasteiger partial charge >= 0.3 is 18.2 Å². The Kier molecular flexibility index (Phi) is 7.30. The van der Waals surface area contributed by atoms with Gasteiger partial charge in [-0.05, 0) is 51.3 Å². The summed E-state index contributed by atoms with van der Waals surface area (Å²) in [6.45, 7) is 6.43. The number of rotatable bonds is 5. The molecule has 1 saturated heterocycles. The molecule has 160 valence electrons. The third kappa shape index (κ3) is 6.85. The lowest BCUT2D eigenvalue weighted by Crippen LogP contribution is -2.41. The molecule has 0 bridgehead atoms. The number of carboxylic acid groups (broad SMARTS) is 1. The van der Waals surface area contributed by atoms with E-state index in [0.29, 0.717) is 37.2 Å². The van der Waals surface area contributed by atoms with Crippen LogP contribution in [0.3, 0.4) is 0 Å². The lowest BCUT2D eigenvalue weighted by Gasteiger charge is -2.31. The smallest absolute Gasteiger partial charge is 0.407 e. The highest BCUT2D eigenvalue weighted by atomic mass is 16.6. The average molecular weight is 407 g/mol. The topological polar surface area (TPSA) is 117 Å². The van der Waals surface area contributed by atoms with Crippen molar-refractivity contribution in [2.24, 2.45) is 0 Å². The molecule has 9 heteroatoms. The first-order chi connectivity index (χ1) is 13.6. The van der Waals surface area contributed by atoms with Crippen LogP contribution in [0.5, 0.6) is 0 Å². The van der Waals surface area contributed by atoms with Crippen LogP contribution in [0, 0.1) is 0 Å². The number of methoxy groups -OCH3 is 1. The monoisotopic (exact) mass is 407 g/mol. The normalized spacial score (nSPS) is 14.8. The minimum atomic E-state index is -0.916. The molecule has 0 spiro atoms. The van der Waals surface area contributed by atoms with Crippen molar-refractivity contribution in [2.75, 3.05) is 25.5 Å². The molecule has 0 saturated carbocycles. The number of hydrogen-bond donors (Lipinski definition) is 3. The lowest BCUT2D eigenvalue weighted by molar-refractivity contribution is 0.0523. The fourth-order valence-corrected chi connectivity index (χ4v) is 3.03. The van der Waals surface area contributed by atoms with E-state index < -0.39 is 23.8 Å². The van der Waals surface area contributed by atoms with Gasteiger partial charge in [-0.2, -0.15) is 0 Å². The molecule has 0 unspecified atom stereocenters. The Hall–Kier alpha value is -2.97. The summed E-state index contributed by atoms with van der Waals surface area (Å²) in [5, 5.41) is 15.0. The molecule has 2 rings (SSSR count). The van der Waals surface area contributed by atoms with Crippen LogP contribution < -0.4 is 10.6 Å². The molecule has 0 atom stereocenters. The van der Waals surface area contributed by atoms with Gasteiger partial charge in [0, 0.05) is 31.4 Å². The van der Waals surface area contributed by atoms with E-state index in [0.717, 1.165) is 5.56 Å². The summed E-state index contributed by atoms with van der Waals surface area (Å²) in [5.41, 5.74) is 1.11. The van der Waals surface area contributed by atoms with Gasteiger partial charge in [-0.25, -0.2) is 14.4 Å². The number of carbonyl (C=O) groups excluding carboxylic acids is 2. The molecule has 2 amide bonds. The number of esters is 1. The molecule has 3 N–H and O–H groups in total. The van der Waals surface area contributed by atoms with Crippen LogP contribution in [0.4, 0.5) is 15.3 Å². The predicted octanol–water partition coefficient (Wildman–Crippen LogP) is 3.05. The van der Waals surface area contributed by atoms with Crippen LogP contribution in [0.2, 0.25) is 0 Å². The Balaban J connectivity index is 2.05. The van der Waals surface area contributed by atoms with E-state index in [9.17, 15) is 14.4 Å². The van der Waals surface area contributed by atoms with E-state index in [-0.39, 0.29) is 12.6 Å². The van der Waals surface area contributed by atoms with E-state index in [1.807, 2.05) is 0 Å². The molecular weight excluding hydrogens is 378 g/mol. The number of amides is 2. The highest BCUT2D eigenvalue weighted by Crippen LogP contribution is 2.23. The van der Waals surface area contributed by atoms with Gasteiger partial charge in [0.25, 0.3) is 0 Å². The molecule has 29 heavy (non-hydrogen) atoms. The highest BCUT2D eigenvalue weighted by Gasteiger charge is 2.24. The lowest BCUT2D eigenvalue weighted by atomic mass is 10.0. The molecular formula is C20H29N3O6. The molecule has 1 aromatic carbocycles. The summed E-state index contributed by atoms with van der Waals surface area (Å²) in [4.78, 5) is 36.5. The van der Waals surface area contributed by atoms with E-state index in [2.05, 4.69) is 10.6 Å². The van der Waals surface area contributed by atoms with Crippen molar-refractivity contribution in [1.29, 1.82) is 0 Å². The molecule has 1 aliphatic rings. The van der Waals surface area contributed by atoms with Gasteiger partial charge in [-0.1, -0.05) is 6.07 Å². The zero-order chi connectivity index (χ0) is 21.6. The van der Waals surface area contributed by atoms with Crippen molar-refractivity contribution in [1.82, 2.24) is 10.2 Å². The van der Waals surface area contributed by atoms with E-state index in [1.54, 1.807) is 39.0 Å². The van der Waals surface area contributed by atoms with Gasteiger partial charge in [0.15, 0.2) is 0 Å². The van der Waals surface area contributed by atoms with Gasteiger partial charge in [0.05, 0.1) is 12.7 Å². The highest BCUT2D eigenvalue weighted by molar-refractivity contribution is 5.96. The third-order valence-electron chi connectivity index (χ3n) is 4.45. The number of anilines is 1. The Morgan fingerprint density at radius 3 is 2.41 bits per heavy atom. The first-order valence-corrected chi connectivity index (χ1v) is 9.51. The number of carbonyl (C=O) groups is 3. The first-order valence-electron chi connectivity index (χ1n) is 9.51. The number of alkyl carbamates (subject to hydrolysis) is 1. The van der Waals surface area contributed by atoms with Crippen LogP contribution >= 0.6 is 0 Å². The second-order valence-corrected chi connectivity index (χ2v) is 7.92. The average Bonchev–Trinajstić information content (AvgIpc) is 2.65. The Morgan fingerprint density at radius 2 is 1.86 bits per heavy atom. The summed E-state index contributed by atoms with van der Waals surface area (Å²) in [6.07, 6.45) is -0.158. The summed E-state index contributed by atoms with van der Waals surface area (Å²) in [6, 6.07) is 5.29. The number of nitrogens with zero attached hydrogens (tertiary/aromatic N) is 1. The van der Waals surface area contributed by atoms with Crippen LogP contribution in [-0.4, -0.2) is 60.0 Å². The Labute approximate surface area is 170 Å². The maximum absolute atomic E-state index is 12.2. The van der Waals surface area contributed by atoms with E-state index >= 15 is 0 Å². The predicted molar refractivity (Wildman–Crippen MR) is 107 cm³/mol. The second kappa shape index (κ2) is 9.49. The minimum Gasteiger partial charge on any atom is -0.465 e. The fraction of sp³-hybridized carbons (Fsp3) is 0.550. The standard InChI is InChI=1S/C20H29N3O6/c1-20(2,3)29-18(25)21-12-13-5-6-16(15(11-13)17(24)28-4)22-14-7-9-23(10-8-14)19(26)27/h5-6,11,14,22H,7-10,12H2,1-4H3,(H,21,25)(H,26,27). The molecule has 0 aliphatic carbocycles.